The second kappa shape index (κ2) is 13.9. The van der Waals surface area contributed by atoms with Crippen LogP contribution < -0.4 is 0 Å². The van der Waals surface area contributed by atoms with Gasteiger partial charge in [0.2, 0.25) is 0 Å². The van der Waals surface area contributed by atoms with Gasteiger partial charge in [-0.3, -0.25) is 0 Å². The smallest absolute Gasteiger partial charge is 0.0276 e. The fourth-order valence-electron chi connectivity index (χ4n) is 2.03. The molecule has 0 bridgehead atoms. The lowest BCUT2D eigenvalue weighted by Gasteiger charge is -1.98. The van der Waals surface area contributed by atoms with Gasteiger partial charge in [0, 0.05) is 0 Å². The molecule has 1 aliphatic carbocycles. The molecule has 0 aromatic heterocycles. The summed E-state index contributed by atoms with van der Waals surface area (Å²) in [4.78, 5) is 0. The normalized spacial score (nSPS) is 28.8. The molecule has 1 rings (SSSR count). The van der Waals surface area contributed by atoms with Gasteiger partial charge in [0.25, 0.3) is 0 Å². The number of allylic oxidation sites excluding steroid dienone is 12. The standard InChI is InChI=1S/C20H27/c1-2-4-6-8-10-12-14-16-18-20-19-17-15-13-11-9-7-5-3-1/h1-11H,12,14-20H2/b2-1+,5-3-,6-4+,9-7+,10-8-,13-11?. The summed E-state index contributed by atoms with van der Waals surface area (Å²) in [6, 6.07) is 0. The minimum absolute atomic E-state index is 1.08. The molecule has 1 aliphatic rings. The van der Waals surface area contributed by atoms with Gasteiger partial charge < -0.3 is 0 Å². The van der Waals surface area contributed by atoms with Crippen LogP contribution in [0.2, 0.25) is 0 Å². The van der Waals surface area contributed by atoms with Crippen molar-refractivity contribution in [3.8, 4) is 0 Å². The molecule has 107 valence electrons. The zero-order valence-corrected chi connectivity index (χ0v) is 12.5. The van der Waals surface area contributed by atoms with Gasteiger partial charge in [0.1, 0.15) is 0 Å². The summed E-state index contributed by atoms with van der Waals surface area (Å²) < 4.78 is 0. The first-order valence-electron chi connectivity index (χ1n) is 7.88. The monoisotopic (exact) mass is 267 g/mol. The lowest BCUT2D eigenvalue weighted by Crippen LogP contribution is -1.79. The lowest BCUT2D eigenvalue weighted by molar-refractivity contribution is 0.598. The minimum atomic E-state index is 1.08. The Morgan fingerprint density at radius 2 is 1.05 bits per heavy atom. The molecule has 0 N–H and O–H groups in total. The highest BCUT2D eigenvalue weighted by molar-refractivity contribution is 5.19. The molecule has 0 saturated carbocycles. The first-order valence-corrected chi connectivity index (χ1v) is 7.88. The maximum Gasteiger partial charge on any atom is -0.0276 e. The average Bonchev–Trinajstić information content (AvgIpc) is 2.46. The van der Waals surface area contributed by atoms with Crippen LogP contribution in [0.3, 0.4) is 0 Å². The topological polar surface area (TPSA) is 0 Å². The van der Waals surface area contributed by atoms with E-state index in [2.05, 4.69) is 36.5 Å². The zero-order valence-electron chi connectivity index (χ0n) is 12.5. The Labute approximate surface area is 125 Å². The summed E-state index contributed by atoms with van der Waals surface area (Å²) in [5, 5.41) is 0. The largest absolute Gasteiger partial charge is 0.0845 e. The molecule has 1 radical (unpaired) electrons. The van der Waals surface area contributed by atoms with Crippen LogP contribution in [0.15, 0.2) is 66.8 Å². The molecule has 0 atom stereocenters. The van der Waals surface area contributed by atoms with E-state index < -0.39 is 0 Å². The van der Waals surface area contributed by atoms with Gasteiger partial charge in [-0.2, -0.15) is 0 Å². The van der Waals surface area contributed by atoms with E-state index in [1.807, 2.05) is 36.5 Å². The van der Waals surface area contributed by atoms with Gasteiger partial charge in [-0.05, 0) is 31.8 Å². The van der Waals surface area contributed by atoms with Gasteiger partial charge in [0.05, 0.1) is 0 Å². The molecular formula is C20H27. The molecule has 0 aromatic rings. The van der Waals surface area contributed by atoms with Crippen molar-refractivity contribution < 1.29 is 0 Å². The van der Waals surface area contributed by atoms with Crippen molar-refractivity contribution in [2.24, 2.45) is 0 Å². The van der Waals surface area contributed by atoms with Gasteiger partial charge in [-0.1, -0.05) is 92.5 Å². The Hall–Kier alpha value is -1.56. The van der Waals surface area contributed by atoms with E-state index in [4.69, 9.17) is 0 Å². The second-order valence-electron chi connectivity index (χ2n) is 5.00. The highest BCUT2D eigenvalue weighted by Gasteiger charge is 1.89. The van der Waals surface area contributed by atoms with Gasteiger partial charge >= 0.3 is 0 Å². The molecule has 0 amide bonds. The Kier molecular flexibility index (Phi) is 11.4. The van der Waals surface area contributed by atoms with Gasteiger partial charge in [-0.15, -0.1) is 0 Å². The van der Waals surface area contributed by atoms with Crippen molar-refractivity contribution in [3.05, 3.63) is 72.9 Å². The summed E-state index contributed by atoms with van der Waals surface area (Å²) in [5.74, 6) is 0. The van der Waals surface area contributed by atoms with Crippen LogP contribution in [0.4, 0.5) is 0 Å². The fourth-order valence-corrected chi connectivity index (χ4v) is 2.03. The van der Waals surface area contributed by atoms with Crippen molar-refractivity contribution in [2.75, 3.05) is 0 Å². The SMILES string of the molecule is [C]1=C/C=C/C=C\C=C\C=C\C=C/CCCCCCCC/1. The van der Waals surface area contributed by atoms with E-state index in [1.165, 1.54) is 44.9 Å². The van der Waals surface area contributed by atoms with Crippen LogP contribution in [0.25, 0.3) is 0 Å². The molecule has 0 aromatic carbocycles. The summed E-state index contributed by atoms with van der Waals surface area (Å²) in [7, 11) is 0. The van der Waals surface area contributed by atoms with Crippen LogP contribution in [0, 0.1) is 6.08 Å². The first kappa shape index (κ1) is 16.5. The van der Waals surface area contributed by atoms with E-state index in [0.717, 1.165) is 6.42 Å². The molecule has 0 saturated heterocycles. The van der Waals surface area contributed by atoms with E-state index in [0.29, 0.717) is 0 Å². The maximum atomic E-state index is 3.32. The molecule has 0 aliphatic heterocycles. The van der Waals surface area contributed by atoms with E-state index >= 15 is 0 Å². The van der Waals surface area contributed by atoms with Crippen LogP contribution >= 0.6 is 0 Å². The predicted molar refractivity (Wildman–Crippen MR) is 90.4 cm³/mol. The third kappa shape index (κ3) is 11.5. The molecule has 0 heteroatoms. The maximum absolute atomic E-state index is 3.32. The Bertz CT molecular complexity index is 337. The molecular weight excluding hydrogens is 240 g/mol. The van der Waals surface area contributed by atoms with Gasteiger partial charge in [0.15, 0.2) is 0 Å². The molecule has 0 heterocycles. The minimum Gasteiger partial charge on any atom is -0.0845 e. The Morgan fingerprint density at radius 1 is 0.500 bits per heavy atom. The summed E-state index contributed by atoms with van der Waals surface area (Å²) in [5.41, 5.74) is 0. The second-order valence-corrected chi connectivity index (χ2v) is 5.00. The number of hydrogen-bond acceptors (Lipinski definition) is 0. The predicted octanol–water partition coefficient (Wildman–Crippen LogP) is 6.26. The van der Waals surface area contributed by atoms with E-state index in [9.17, 15) is 0 Å². The van der Waals surface area contributed by atoms with E-state index in [-0.39, 0.29) is 0 Å². The van der Waals surface area contributed by atoms with Crippen LogP contribution in [0.1, 0.15) is 51.4 Å². The number of rotatable bonds is 0. The molecule has 0 fully saturated rings. The van der Waals surface area contributed by atoms with Crippen molar-refractivity contribution in [2.45, 2.75) is 51.4 Å². The zero-order chi connectivity index (χ0) is 14.1. The van der Waals surface area contributed by atoms with Crippen LogP contribution in [-0.4, -0.2) is 0 Å². The first-order chi connectivity index (χ1) is 10.0. The third-order valence-electron chi connectivity index (χ3n) is 3.18. The van der Waals surface area contributed by atoms with Crippen molar-refractivity contribution in [1.82, 2.24) is 0 Å². The van der Waals surface area contributed by atoms with Crippen LogP contribution in [-0.2, 0) is 0 Å². The fraction of sp³-hybridized carbons (Fsp3) is 0.400. The third-order valence-corrected chi connectivity index (χ3v) is 3.18. The molecule has 0 nitrogen and oxygen atoms in total. The quantitative estimate of drug-likeness (QED) is 0.486. The molecule has 0 spiro atoms. The highest BCUT2D eigenvalue weighted by Crippen LogP contribution is 2.09. The van der Waals surface area contributed by atoms with Crippen molar-refractivity contribution >= 4 is 0 Å². The van der Waals surface area contributed by atoms with E-state index in [1.54, 1.807) is 0 Å². The van der Waals surface area contributed by atoms with Crippen molar-refractivity contribution in [1.29, 1.82) is 0 Å². The number of hydrogen-bond donors (Lipinski definition) is 0. The van der Waals surface area contributed by atoms with Crippen molar-refractivity contribution in [3.63, 3.8) is 0 Å². The highest BCUT2D eigenvalue weighted by atomic mass is 14.0. The Balaban J connectivity index is 2.38. The molecule has 20 heavy (non-hydrogen) atoms. The van der Waals surface area contributed by atoms with Crippen LogP contribution in [0.5, 0.6) is 0 Å². The molecule has 0 unspecified atom stereocenters. The summed E-state index contributed by atoms with van der Waals surface area (Å²) in [6.45, 7) is 0. The van der Waals surface area contributed by atoms with Gasteiger partial charge in [-0.25, -0.2) is 0 Å². The average molecular weight is 267 g/mol. The summed E-state index contributed by atoms with van der Waals surface area (Å²) in [6.07, 6.45) is 36.5. The Morgan fingerprint density at radius 3 is 1.80 bits per heavy atom. The summed E-state index contributed by atoms with van der Waals surface area (Å²) >= 11 is 0. The lowest BCUT2D eigenvalue weighted by atomic mass is 10.1.